The van der Waals surface area contributed by atoms with E-state index in [4.69, 9.17) is 0 Å². The third kappa shape index (κ3) is 4.17. The second-order valence-electron chi connectivity index (χ2n) is 5.85. The van der Waals surface area contributed by atoms with E-state index < -0.39 is 0 Å². The van der Waals surface area contributed by atoms with Crippen LogP contribution in [-0.4, -0.2) is 56.1 Å². The number of nitrogens with one attached hydrogen (secondary N) is 1. The van der Waals surface area contributed by atoms with Gasteiger partial charge in [0.25, 0.3) is 5.91 Å². The van der Waals surface area contributed by atoms with Crippen LogP contribution in [0.5, 0.6) is 0 Å². The van der Waals surface area contributed by atoms with Crippen molar-refractivity contribution < 1.29 is 4.79 Å². The number of pyridine rings is 1. The highest BCUT2D eigenvalue weighted by atomic mass is 16.2. The van der Waals surface area contributed by atoms with Gasteiger partial charge in [0.2, 0.25) is 0 Å². The van der Waals surface area contributed by atoms with Crippen LogP contribution in [0.3, 0.4) is 0 Å². The van der Waals surface area contributed by atoms with Crippen LogP contribution in [0.1, 0.15) is 30.3 Å². The summed E-state index contributed by atoms with van der Waals surface area (Å²) >= 11 is 0. The van der Waals surface area contributed by atoms with Gasteiger partial charge in [-0.15, -0.1) is 0 Å². The fraction of sp³-hybridized carbons (Fsp3) is 0.625. The second-order valence-corrected chi connectivity index (χ2v) is 5.85. The molecule has 1 aliphatic rings. The average Bonchev–Trinajstić information content (AvgIpc) is 2.53. The quantitative estimate of drug-likeness (QED) is 0.895. The zero-order valence-electron chi connectivity index (χ0n) is 13.3. The Bertz CT molecular complexity index is 469. The number of rotatable bonds is 5. The van der Waals surface area contributed by atoms with Gasteiger partial charge in [-0.3, -0.25) is 9.78 Å². The highest BCUT2D eigenvalue weighted by Crippen LogP contribution is 2.19. The molecule has 0 bridgehead atoms. The summed E-state index contributed by atoms with van der Waals surface area (Å²) in [5.41, 5.74) is 1.60. The highest BCUT2D eigenvalue weighted by Gasteiger charge is 2.18. The Hall–Kier alpha value is -1.62. The van der Waals surface area contributed by atoms with Gasteiger partial charge in [0, 0.05) is 39.1 Å². The molecule has 1 unspecified atom stereocenters. The van der Waals surface area contributed by atoms with E-state index in [0.29, 0.717) is 11.6 Å². The van der Waals surface area contributed by atoms with Crippen molar-refractivity contribution in [1.82, 2.24) is 15.2 Å². The number of hydrogen-bond acceptors (Lipinski definition) is 4. The van der Waals surface area contributed by atoms with E-state index >= 15 is 0 Å². The van der Waals surface area contributed by atoms with E-state index in [1.54, 1.807) is 25.2 Å². The Kier molecular flexibility index (Phi) is 5.56. The van der Waals surface area contributed by atoms with E-state index in [1.165, 1.54) is 12.8 Å². The molecule has 0 radical (unpaired) electrons. The van der Waals surface area contributed by atoms with Crippen molar-refractivity contribution in [3.05, 3.63) is 24.0 Å². The van der Waals surface area contributed by atoms with Gasteiger partial charge in [0.15, 0.2) is 0 Å². The molecule has 116 valence electrons. The molecule has 21 heavy (non-hydrogen) atoms. The minimum Gasteiger partial charge on any atom is -0.371 e. The number of aromatic nitrogens is 1. The molecule has 1 atom stereocenters. The number of nitrogens with zero attached hydrogens (tertiary/aromatic N) is 3. The predicted molar refractivity (Wildman–Crippen MR) is 85.7 cm³/mol. The molecule has 1 fully saturated rings. The van der Waals surface area contributed by atoms with Gasteiger partial charge in [-0.1, -0.05) is 0 Å². The second kappa shape index (κ2) is 7.41. The summed E-state index contributed by atoms with van der Waals surface area (Å²) in [5.74, 6) is 0.632. The molecule has 1 saturated heterocycles. The van der Waals surface area contributed by atoms with Crippen LogP contribution in [0.4, 0.5) is 5.69 Å². The SMILES string of the molecule is CCN(CC1CCCNC1)c1ccnc(C(=O)N(C)C)c1. The van der Waals surface area contributed by atoms with Crippen molar-refractivity contribution in [3.8, 4) is 0 Å². The molecule has 1 N–H and O–H groups in total. The predicted octanol–water partition coefficient (Wildman–Crippen LogP) is 1.61. The van der Waals surface area contributed by atoms with Crippen molar-refractivity contribution in [2.24, 2.45) is 5.92 Å². The Labute approximate surface area is 127 Å². The first-order chi connectivity index (χ1) is 10.1. The minimum absolute atomic E-state index is 0.0489. The van der Waals surface area contributed by atoms with Crippen molar-refractivity contribution in [2.75, 3.05) is 45.2 Å². The van der Waals surface area contributed by atoms with E-state index in [-0.39, 0.29) is 5.91 Å². The first kappa shape index (κ1) is 15.8. The molecule has 0 spiro atoms. The zero-order valence-corrected chi connectivity index (χ0v) is 13.3. The summed E-state index contributed by atoms with van der Waals surface area (Å²) in [7, 11) is 3.50. The van der Waals surface area contributed by atoms with Gasteiger partial charge in [-0.05, 0) is 50.9 Å². The molecule has 0 saturated carbocycles. The molecule has 1 aromatic rings. The summed E-state index contributed by atoms with van der Waals surface area (Å²) in [6.45, 7) is 6.35. The third-order valence-corrected chi connectivity index (χ3v) is 3.99. The molecule has 0 aromatic carbocycles. The lowest BCUT2D eigenvalue weighted by Crippen LogP contribution is -2.38. The number of hydrogen-bond donors (Lipinski definition) is 1. The zero-order chi connectivity index (χ0) is 15.2. The average molecular weight is 290 g/mol. The van der Waals surface area contributed by atoms with Crippen molar-refractivity contribution in [1.29, 1.82) is 0 Å². The number of piperidine rings is 1. The Morgan fingerprint density at radius 2 is 2.29 bits per heavy atom. The fourth-order valence-corrected chi connectivity index (χ4v) is 2.77. The van der Waals surface area contributed by atoms with Gasteiger partial charge < -0.3 is 15.1 Å². The van der Waals surface area contributed by atoms with Crippen molar-refractivity contribution >= 4 is 11.6 Å². The molecular weight excluding hydrogens is 264 g/mol. The summed E-state index contributed by atoms with van der Waals surface area (Å²) in [6.07, 6.45) is 4.26. The van der Waals surface area contributed by atoms with Crippen molar-refractivity contribution in [3.63, 3.8) is 0 Å². The van der Waals surface area contributed by atoms with Gasteiger partial charge in [0.1, 0.15) is 5.69 Å². The van der Waals surface area contributed by atoms with E-state index in [0.717, 1.165) is 31.9 Å². The Morgan fingerprint density at radius 3 is 2.90 bits per heavy atom. The van der Waals surface area contributed by atoms with E-state index in [9.17, 15) is 4.79 Å². The smallest absolute Gasteiger partial charge is 0.272 e. The molecule has 5 nitrogen and oxygen atoms in total. The maximum absolute atomic E-state index is 12.0. The van der Waals surface area contributed by atoms with Gasteiger partial charge >= 0.3 is 0 Å². The topological polar surface area (TPSA) is 48.5 Å². The highest BCUT2D eigenvalue weighted by molar-refractivity contribution is 5.92. The monoisotopic (exact) mass is 290 g/mol. The van der Waals surface area contributed by atoms with Gasteiger partial charge in [-0.25, -0.2) is 0 Å². The van der Waals surface area contributed by atoms with E-state index in [1.807, 2.05) is 12.1 Å². The summed E-state index contributed by atoms with van der Waals surface area (Å²) in [5, 5.41) is 3.46. The molecule has 1 amide bonds. The molecule has 1 aromatic heterocycles. The minimum atomic E-state index is -0.0489. The van der Waals surface area contributed by atoms with Crippen LogP contribution in [-0.2, 0) is 0 Å². The molecule has 5 heteroatoms. The van der Waals surface area contributed by atoms with Crippen LogP contribution < -0.4 is 10.2 Å². The molecule has 0 aliphatic carbocycles. The molecule has 1 aliphatic heterocycles. The summed E-state index contributed by atoms with van der Waals surface area (Å²) in [6, 6.07) is 3.90. The lowest BCUT2D eigenvalue weighted by atomic mass is 9.99. The van der Waals surface area contributed by atoms with Crippen LogP contribution in [0, 0.1) is 5.92 Å². The largest absolute Gasteiger partial charge is 0.371 e. The molecular formula is C16H26N4O. The van der Waals surface area contributed by atoms with Crippen molar-refractivity contribution in [2.45, 2.75) is 19.8 Å². The summed E-state index contributed by atoms with van der Waals surface area (Å²) in [4.78, 5) is 20.1. The van der Waals surface area contributed by atoms with Gasteiger partial charge in [0.05, 0.1) is 0 Å². The van der Waals surface area contributed by atoms with Crippen LogP contribution in [0.15, 0.2) is 18.3 Å². The van der Waals surface area contributed by atoms with Crippen LogP contribution in [0.2, 0.25) is 0 Å². The number of amides is 1. The van der Waals surface area contributed by atoms with Crippen LogP contribution in [0.25, 0.3) is 0 Å². The van der Waals surface area contributed by atoms with Crippen LogP contribution >= 0.6 is 0 Å². The Balaban J connectivity index is 2.10. The lowest BCUT2D eigenvalue weighted by Gasteiger charge is -2.31. The number of carbonyl (C=O) groups is 1. The maximum atomic E-state index is 12.0. The standard InChI is InChI=1S/C16H26N4O/c1-4-20(12-13-6-5-8-17-11-13)14-7-9-18-15(10-14)16(21)19(2)3/h7,9-10,13,17H,4-6,8,11-12H2,1-3H3. The lowest BCUT2D eigenvalue weighted by molar-refractivity contribution is 0.0822. The summed E-state index contributed by atoms with van der Waals surface area (Å²) < 4.78 is 0. The fourth-order valence-electron chi connectivity index (χ4n) is 2.77. The van der Waals surface area contributed by atoms with Gasteiger partial charge in [-0.2, -0.15) is 0 Å². The normalized spacial score (nSPS) is 18.3. The number of anilines is 1. The molecule has 2 rings (SSSR count). The number of carbonyl (C=O) groups excluding carboxylic acids is 1. The maximum Gasteiger partial charge on any atom is 0.272 e. The Morgan fingerprint density at radius 1 is 1.48 bits per heavy atom. The first-order valence-corrected chi connectivity index (χ1v) is 7.75. The first-order valence-electron chi connectivity index (χ1n) is 7.75. The van der Waals surface area contributed by atoms with E-state index in [2.05, 4.69) is 22.1 Å². The third-order valence-electron chi connectivity index (χ3n) is 3.99. The molecule has 2 heterocycles.